The van der Waals surface area contributed by atoms with Gasteiger partial charge in [-0.2, -0.15) is 0 Å². The molecule has 1 aliphatic heterocycles. The number of carbonyl (C=O) groups is 2. The number of nitrogens with zero attached hydrogens (tertiary/aromatic N) is 3. The van der Waals surface area contributed by atoms with Gasteiger partial charge in [0.15, 0.2) is 11.5 Å². The molecule has 0 unspecified atom stereocenters. The standard InChI is InChI=1S/C22H29N3O6/c1-28-13-12-25(11-8-21(26)24-9-4-5-10-24)22(27)18-15-20(31-23-18)17-7-6-16(29-2)14-19(17)30-3/h6-7,14-15H,4-5,8-13H2,1-3H3. The monoisotopic (exact) mass is 431 g/mol. The van der Waals surface area contributed by atoms with E-state index in [2.05, 4.69) is 5.16 Å². The van der Waals surface area contributed by atoms with Crippen molar-refractivity contribution in [1.82, 2.24) is 15.0 Å². The maximum absolute atomic E-state index is 13.1. The zero-order valence-corrected chi connectivity index (χ0v) is 18.3. The Labute approximate surface area is 181 Å². The van der Waals surface area contributed by atoms with Gasteiger partial charge in [-0.15, -0.1) is 0 Å². The van der Waals surface area contributed by atoms with Gasteiger partial charge in [0.1, 0.15) is 11.5 Å². The highest BCUT2D eigenvalue weighted by Crippen LogP contribution is 2.33. The SMILES string of the molecule is COCCN(CCC(=O)N1CCCC1)C(=O)c1cc(-c2ccc(OC)cc2OC)on1. The molecular weight excluding hydrogens is 402 g/mol. The largest absolute Gasteiger partial charge is 0.497 e. The zero-order valence-electron chi connectivity index (χ0n) is 18.3. The third kappa shape index (κ3) is 5.55. The van der Waals surface area contributed by atoms with Crippen LogP contribution in [0.2, 0.25) is 0 Å². The molecule has 9 heteroatoms. The molecule has 1 saturated heterocycles. The van der Waals surface area contributed by atoms with E-state index < -0.39 is 0 Å². The quantitative estimate of drug-likeness (QED) is 0.570. The van der Waals surface area contributed by atoms with Gasteiger partial charge in [0.05, 0.1) is 26.4 Å². The smallest absolute Gasteiger partial charge is 0.276 e. The molecule has 31 heavy (non-hydrogen) atoms. The van der Waals surface area contributed by atoms with Crippen molar-refractivity contribution in [3.8, 4) is 22.8 Å². The summed E-state index contributed by atoms with van der Waals surface area (Å²) in [7, 11) is 4.69. The Kier molecular flexibility index (Phi) is 7.88. The Hall–Kier alpha value is -3.07. The molecular formula is C22H29N3O6. The highest BCUT2D eigenvalue weighted by atomic mass is 16.5. The van der Waals surface area contributed by atoms with E-state index in [-0.39, 0.29) is 23.9 Å². The van der Waals surface area contributed by atoms with Crippen molar-refractivity contribution in [3.63, 3.8) is 0 Å². The van der Waals surface area contributed by atoms with Crippen LogP contribution in [0.3, 0.4) is 0 Å². The Balaban J connectivity index is 1.73. The Bertz CT molecular complexity index is 891. The van der Waals surface area contributed by atoms with E-state index in [0.29, 0.717) is 42.5 Å². The van der Waals surface area contributed by atoms with Crippen LogP contribution in [0, 0.1) is 0 Å². The molecule has 1 aromatic heterocycles. The summed E-state index contributed by atoms with van der Waals surface area (Å²) < 4.78 is 21.2. The van der Waals surface area contributed by atoms with Crippen molar-refractivity contribution in [2.24, 2.45) is 0 Å². The molecule has 1 fully saturated rings. The first-order valence-electron chi connectivity index (χ1n) is 10.3. The number of rotatable bonds is 10. The van der Waals surface area contributed by atoms with E-state index in [1.54, 1.807) is 50.5 Å². The first-order valence-corrected chi connectivity index (χ1v) is 10.3. The summed E-state index contributed by atoms with van der Waals surface area (Å²) in [4.78, 5) is 28.9. The molecule has 0 spiro atoms. The van der Waals surface area contributed by atoms with Crippen molar-refractivity contribution in [2.45, 2.75) is 19.3 Å². The van der Waals surface area contributed by atoms with Gasteiger partial charge in [0.2, 0.25) is 5.91 Å². The fraction of sp³-hybridized carbons (Fsp3) is 0.500. The molecule has 1 aromatic carbocycles. The van der Waals surface area contributed by atoms with Crippen molar-refractivity contribution < 1.29 is 28.3 Å². The van der Waals surface area contributed by atoms with Gasteiger partial charge in [-0.05, 0) is 25.0 Å². The van der Waals surface area contributed by atoms with Crippen molar-refractivity contribution in [2.75, 3.05) is 54.1 Å². The summed E-state index contributed by atoms with van der Waals surface area (Å²) in [6.07, 6.45) is 2.34. The summed E-state index contributed by atoms with van der Waals surface area (Å²) in [6.45, 7) is 2.60. The first-order chi connectivity index (χ1) is 15.1. The molecule has 168 valence electrons. The minimum atomic E-state index is -0.311. The van der Waals surface area contributed by atoms with Crippen LogP contribution in [0.1, 0.15) is 29.8 Å². The highest BCUT2D eigenvalue weighted by molar-refractivity contribution is 5.93. The fourth-order valence-electron chi connectivity index (χ4n) is 3.54. The van der Waals surface area contributed by atoms with Crippen LogP contribution in [-0.4, -0.2) is 80.9 Å². The lowest BCUT2D eigenvalue weighted by molar-refractivity contribution is -0.130. The fourth-order valence-corrected chi connectivity index (χ4v) is 3.54. The van der Waals surface area contributed by atoms with Crippen LogP contribution < -0.4 is 9.47 Å². The van der Waals surface area contributed by atoms with Gasteiger partial charge in [-0.3, -0.25) is 9.59 Å². The summed E-state index contributed by atoms with van der Waals surface area (Å²) >= 11 is 0. The normalized spacial score (nSPS) is 13.3. The molecule has 0 atom stereocenters. The summed E-state index contributed by atoms with van der Waals surface area (Å²) in [6, 6.07) is 6.86. The molecule has 3 rings (SSSR count). The van der Waals surface area contributed by atoms with Crippen LogP contribution in [0.15, 0.2) is 28.8 Å². The van der Waals surface area contributed by atoms with E-state index in [4.69, 9.17) is 18.7 Å². The van der Waals surface area contributed by atoms with Crippen LogP contribution in [0.4, 0.5) is 0 Å². The molecule has 2 aromatic rings. The maximum Gasteiger partial charge on any atom is 0.276 e. The first kappa shape index (κ1) is 22.6. The second-order valence-electron chi connectivity index (χ2n) is 7.27. The van der Waals surface area contributed by atoms with Crippen LogP contribution in [-0.2, 0) is 9.53 Å². The number of aromatic nitrogens is 1. The van der Waals surface area contributed by atoms with E-state index in [9.17, 15) is 9.59 Å². The number of carbonyl (C=O) groups excluding carboxylic acids is 2. The van der Waals surface area contributed by atoms with Crippen molar-refractivity contribution in [1.29, 1.82) is 0 Å². The van der Waals surface area contributed by atoms with E-state index in [0.717, 1.165) is 25.9 Å². The van der Waals surface area contributed by atoms with Gasteiger partial charge in [-0.25, -0.2) is 0 Å². The topological polar surface area (TPSA) is 94.3 Å². The number of benzene rings is 1. The second-order valence-corrected chi connectivity index (χ2v) is 7.27. The van der Waals surface area contributed by atoms with Crippen molar-refractivity contribution >= 4 is 11.8 Å². The summed E-state index contributed by atoms with van der Waals surface area (Å²) in [5, 5.41) is 3.95. The molecule has 0 N–H and O–H groups in total. The minimum absolute atomic E-state index is 0.0662. The predicted octanol–water partition coefficient (Wildman–Crippen LogP) is 2.46. The minimum Gasteiger partial charge on any atom is -0.497 e. The average molecular weight is 431 g/mol. The molecule has 0 aliphatic carbocycles. The van der Waals surface area contributed by atoms with Crippen LogP contribution >= 0.6 is 0 Å². The predicted molar refractivity (Wildman–Crippen MR) is 113 cm³/mol. The number of methoxy groups -OCH3 is 3. The lowest BCUT2D eigenvalue weighted by atomic mass is 10.1. The third-order valence-corrected chi connectivity index (χ3v) is 5.31. The molecule has 0 radical (unpaired) electrons. The van der Waals surface area contributed by atoms with E-state index >= 15 is 0 Å². The number of ether oxygens (including phenoxy) is 3. The van der Waals surface area contributed by atoms with Crippen LogP contribution in [0.5, 0.6) is 11.5 Å². The number of hydrogen-bond acceptors (Lipinski definition) is 7. The molecule has 2 amide bonds. The van der Waals surface area contributed by atoms with Crippen LogP contribution in [0.25, 0.3) is 11.3 Å². The molecule has 9 nitrogen and oxygen atoms in total. The van der Waals surface area contributed by atoms with Gasteiger partial charge in [0.25, 0.3) is 5.91 Å². The summed E-state index contributed by atoms with van der Waals surface area (Å²) in [5.74, 6) is 1.35. The van der Waals surface area contributed by atoms with E-state index in [1.807, 2.05) is 4.90 Å². The Morgan fingerprint density at radius 3 is 2.55 bits per heavy atom. The highest BCUT2D eigenvalue weighted by Gasteiger charge is 2.24. The average Bonchev–Trinajstić information content (AvgIpc) is 3.50. The Morgan fingerprint density at radius 2 is 1.87 bits per heavy atom. The molecule has 1 aliphatic rings. The van der Waals surface area contributed by atoms with Gasteiger partial charge >= 0.3 is 0 Å². The number of hydrogen-bond donors (Lipinski definition) is 0. The van der Waals surface area contributed by atoms with Gasteiger partial charge in [-0.1, -0.05) is 5.16 Å². The lowest BCUT2D eigenvalue weighted by Crippen LogP contribution is -2.38. The lowest BCUT2D eigenvalue weighted by Gasteiger charge is -2.22. The van der Waals surface area contributed by atoms with Gasteiger partial charge < -0.3 is 28.5 Å². The molecule has 0 bridgehead atoms. The van der Waals surface area contributed by atoms with Gasteiger partial charge in [0, 0.05) is 51.8 Å². The van der Waals surface area contributed by atoms with E-state index in [1.165, 1.54) is 0 Å². The van der Waals surface area contributed by atoms with Crippen molar-refractivity contribution in [3.05, 3.63) is 30.0 Å². The number of amides is 2. The molecule has 2 heterocycles. The Morgan fingerprint density at radius 1 is 1.10 bits per heavy atom. The maximum atomic E-state index is 13.1. The molecule has 0 saturated carbocycles. The summed E-state index contributed by atoms with van der Waals surface area (Å²) in [5.41, 5.74) is 0.820. The zero-order chi connectivity index (χ0) is 22.2. The second kappa shape index (κ2) is 10.8. The number of likely N-dealkylation sites (tertiary alicyclic amines) is 1. The third-order valence-electron chi connectivity index (χ3n) is 5.31.